The van der Waals surface area contributed by atoms with Crippen LogP contribution in [0.3, 0.4) is 0 Å². The minimum absolute atomic E-state index is 0.0390. The molecule has 3 aromatic rings. The standard InChI is InChI=1S/C24H27ClN4O3/c25-20-8-3-1-6-18(20)23-26-21-9-4-2-7-19(21)24(27-23)29(13-10-22(30)31)12-5-11-28-14-16-32-17-15-28/h1-4,6-9H,5,10-17H2,(H,30,31). The van der Waals surface area contributed by atoms with Crippen LogP contribution < -0.4 is 4.90 Å². The summed E-state index contributed by atoms with van der Waals surface area (Å²) < 4.78 is 5.43. The molecular weight excluding hydrogens is 428 g/mol. The number of carboxylic acid groups (broad SMARTS) is 1. The lowest BCUT2D eigenvalue weighted by atomic mass is 10.1. The molecule has 0 radical (unpaired) electrons. The van der Waals surface area contributed by atoms with Crippen molar-refractivity contribution >= 4 is 34.3 Å². The normalized spacial score (nSPS) is 14.5. The summed E-state index contributed by atoms with van der Waals surface area (Å²) in [5.74, 6) is 0.458. The first-order valence-corrected chi connectivity index (χ1v) is 11.3. The van der Waals surface area contributed by atoms with Gasteiger partial charge < -0.3 is 14.7 Å². The first-order valence-electron chi connectivity index (χ1n) is 10.9. The Morgan fingerprint density at radius 1 is 1.06 bits per heavy atom. The second-order valence-electron chi connectivity index (χ2n) is 7.81. The molecule has 0 aliphatic carbocycles. The SMILES string of the molecule is O=C(O)CCN(CCCN1CCOCC1)c1nc(-c2ccccc2Cl)nc2ccccc12. The Morgan fingerprint density at radius 3 is 2.59 bits per heavy atom. The lowest BCUT2D eigenvalue weighted by Gasteiger charge is -2.29. The van der Waals surface area contributed by atoms with E-state index in [2.05, 4.69) is 9.80 Å². The summed E-state index contributed by atoms with van der Waals surface area (Å²) in [6.07, 6.45) is 0.941. The average molecular weight is 455 g/mol. The third-order valence-electron chi connectivity index (χ3n) is 5.60. The Labute approximate surface area is 192 Å². The monoisotopic (exact) mass is 454 g/mol. The minimum atomic E-state index is -0.826. The number of hydrogen-bond donors (Lipinski definition) is 1. The molecule has 2 heterocycles. The zero-order valence-electron chi connectivity index (χ0n) is 17.9. The van der Waals surface area contributed by atoms with Crippen LogP contribution in [0.5, 0.6) is 0 Å². The van der Waals surface area contributed by atoms with Crippen LogP contribution in [0.25, 0.3) is 22.3 Å². The number of aliphatic carboxylic acids is 1. The van der Waals surface area contributed by atoms with E-state index in [1.807, 2.05) is 48.5 Å². The van der Waals surface area contributed by atoms with E-state index in [0.29, 0.717) is 23.9 Å². The smallest absolute Gasteiger partial charge is 0.305 e. The van der Waals surface area contributed by atoms with Crippen LogP contribution in [0.1, 0.15) is 12.8 Å². The van der Waals surface area contributed by atoms with E-state index in [0.717, 1.165) is 61.6 Å². The maximum atomic E-state index is 11.4. The Kier molecular flexibility index (Phi) is 7.52. The van der Waals surface area contributed by atoms with Gasteiger partial charge in [0.2, 0.25) is 0 Å². The fourth-order valence-corrected chi connectivity index (χ4v) is 4.15. The zero-order chi connectivity index (χ0) is 22.3. The number of anilines is 1. The van der Waals surface area contributed by atoms with Crippen LogP contribution in [0, 0.1) is 0 Å². The highest BCUT2D eigenvalue weighted by Gasteiger charge is 2.18. The fourth-order valence-electron chi connectivity index (χ4n) is 3.93. The van der Waals surface area contributed by atoms with Crippen molar-refractivity contribution in [3.63, 3.8) is 0 Å². The lowest BCUT2D eigenvalue weighted by molar-refractivity contribution is -0.136. The Morgan fingerprint density at radius 2 is 1.81 bits per heavy atom. The van der Waals surface area contributed by atoms with E-state index in [9.17, 15) is 9.90 Å². The summed E-state index contributed by atoms with van der Waals surface area (Å²) >= 11 is 6.43. The van der Waals surface area contributed by atoms with Crippen molar-refractivity contribution in [2.75, 3.05) is 50.8 Å². The van der Waals surface area contributed by atoms with Crippen molar-refractivity contribution in [2.45, 2.75) is 12.8 Å². The van der Waals surface area contributed by atoms with Crippen molar-refractivity contribution in [3.05, 3.63) is 53.6 Å². The van der Waals surface area contributed by atoms with E-state index in [1.54, 1.807) is 0 Å². The predicted molar refractivity (Wildman–Crippen MR) is 126 cm³/mol. The molecule has 0 spiro atoms. The zero-order valence-corrected chi connectivity index (χ0v) is 18.7. The molecule has 1 saturated heterocycles. The molecule has 1 N–H and O–H groups in total. The Hall–Kier alpha value is -2.74. The van der Waals surface area contributed by atoms with Crippen LogP contribution in [-0.4, -0.2) is 71.9 Å². The van der Waals surface area contributed by atoms with E-state index < -0.39 is 5.97 Å². The van der Waals surface area contributed by atoms with Crippen molar-refractivity contribution in [2.24, 2.45) is 0 Å². The molecule has 0 saturated carbocycles. The maximum Gasteiger partial charge on any atom is 0.305 e. The van der Waals surface area contributed by atoms with Gasteiger partial charge in [-0.05, 0) is 30.7 Å². The average Bonchev–Trinajstić information content (AvgIpc) is 2.81. The largest absolute Gasteiger partial charge is 0.481 e. The summed E-state index contributed by atoms with van der Waals surface area (Å²) in [5.41, 5.74) is 1.56. The van der Waals surface area contributed by atoms with Crippen LogP contribution in [0.2, 0.25) is 5.02 Å². The second-order valence-corrected chi connectivity index (χ2v) is 8.21. The highest BCUT2D eigenvalue weighted by molar-refractivity contribution is 6.33. The lowest BCUT2D eigenvalue weighted by Crippen LogP contribution is -2.38. The summed E-state index contributed by atoms with van der Waals surface area (Å²) in [4.78, 5) is 25.4. The van der Waals surface area contributed by atoms with Crippen molar-refractivity contribution in [1.29, 1.82) is 0 Å². The Balaban J connectivity index is 1.66. The number of morpholine rings is 1. The molecule has 1 aliphatic rings. The topological polar surface area (TPSA) is 78.8 Å². The number of aromatic nitrogens is 2. The predicted octanol–water partition coefficient (Wildman–Crippen LogP) is 3.95. The van der Waals surface area contributed by atoms with Crippen LogP contribution in [-0.2, 0) is 9.53 Å². The molecule has 8 heteroatoms. The van der Waals surface area contributed by atoms with Crippen LogP contribution in [0.4, 0.5) is 5.82 Å². The number of para-hydroxylation sites is 1. The molecule has 0 bridgehead atoms. The second kappa shape index (κ2) is 10.7. The van der Waals surface area contributed by atoms with Gasteiger partial charge in [0.15, 0.2) is 5.82 Å². The van der Waals surface area contributed by atoms with E-state index in [1.165, 1.54) is 0 Å². The van der Waals surface area contributed by atoms with Gasteiger partial charge in [0, 0.05) is 43.7 Å². The number of carboxylic acids is 1. The van der Waals surface area contributed by atoms with Crippen molar-refractivity contribution < 1.29 is 14.6 Å². The summed E-state index contributed by atoms with van der Waals surface area (Å²) in [6.45, 7) is 5.41. The van der Waals surface area contributed by atoms with E-state index in [4.69, 9.17) is 26.3 Å². The molecule has 0 unspecified atom stereocenters. The number of halogens is 1. The third-order valence-corrected chi connectivity index (χ3v) is 5.93. The highest BCUT2D eigenvalue weighted by Crippen LogP contribution is 2.31. The van der Waals surface area contributed by atoms with E-state index >= 15 is 0 Å². The molecular formula is C24H27ClN4O3. The van der Waals surface area contributed by atoms with Gasteiger partial charge in [-0.15, -0.1) is 0 Å². The molecule has 1 aliphatic heterocycles. The first kappa shape index (κ1) is 22.5. The van der Waals surface area contributed by atoms with Gasteiger partial charge >= 0.3 is 5.97 Å². The van der Waals surface area contributed by atoms with Gasteiger partial charge in [-0.3, -0.25) is 9.69 Å². The van der Waals surface area contributed by atoms with Gasteiger partial charge in [-0.1, -0.05) is 35.9 Å². The first-order chi connectivity index (χ1) is 15.6. The van der Waals surface area contributed by atoms with Gasteiger partial charge in [0.05, 0.1) is 30.2 Å². The van der Waals surface area contributed by atoms with Gasteiger partial charge in [-0.25, -0.2) is 9.97 Å². The molecule has 4 rings (SSSR count). The number of benzene rings is 2. The van der Waals surface area contributed by atoms with Gasteiger partial charge in [0.1, 0.15) is 5.82 Å². The molecule has 0 atom stereocenters. The number of fused-ring (bicyclic) bond motifs is 1. The molecule has 0 amide bonds. The number of ether oxygens (including phenoxy) is 1. The van der Waals surface area contributed by atoms with Gasteiger partial charge in [-0.2, -0.15) is 0 Å². The van der Waals surface area contributed by atoms with E-state index in [-0.39, 0.29) is 6.42 Å². The Bertz CT molecular complexity index is 1070. The quantitative estimate of drug-likeness (QED) is 0.524. The molecule has 2 aromatic carbocycles. The third kappa shape index (κ3) is 5.54. The number of carbonyl (C=O) groups is 1. The summed E-state index contributed by atoms with van der Waals surface area (Å²) in [6, 6.07) is 15.3. The number of hydrogen-bond acceptors (Lipinski definition) is 6. The maximum absolute atomic E-state index is 11.4. The van der Waals surface area contributed by atoms with Crippen LogP contribution >= 0.6 is 11.6 Å². The molecule has 168 valence electrons. The highest BCUT2D eigenvalue weighted by atomic mass is 35.5. The van der Waals surface area contributed by atoms with Crippen molar-refractivity contribution in [3.8, 4) is 11.4 Å². The summed E-state index contributed by atoms with van der Waals surface area (Å²) in [5, 5.41) is 10.8. The molecule has 32 heavy (non-hydrogen) atoms. The molecule has 1 aromatic heterocycles. The van der Waals surface area contributed by atoms with Gasteiger partial charge in [0.25, 0.3) is 0 Å². The summed E-state index contributed by atoms with van der Waals surface area (Å²) in [7, 11) is 0. The minimum Gasteiger partial charge on any atom is -0.481 e. The number of nitrogens with zero attached hydrogens (tertiary/aromatic N) is 4. The number of rotatable bonds is 9. The van der Waals surface area contributed by atoms with Crippen LogP contribution in [0.15, 0.2) is 48.5 Å². The van der Waals surface area contributed by atoms with Crippen molar-refractivity contribution in [1.82, 2.24) is 14.9 Å². The fraction of sp³-hybridized carbons (Fsp3) is 0.375. The molecule has 1 fully saturated rings. The molecule has 7 nitrogen and oxygen atoms in total.